The molecule has 0 radical (unpaired) electrons. The Morgan fingerprint density at radius 3 is 2.19 bits per heavy atom. The second-order valence-corrected chi connectivity index (χ2v) is 28.0. The number of aromatic nitrogens is 7. The Labute approximate surface area is 318 Å². The van der Waals surface area contributed by atoms with E-state index in [0.29, 0.717) is 42.2 Å². The first-order valence-corrected chi connectivity index (χ1v) is 24.1. The molecule has 3 atom stereocenters. The van der Waals surface area contributed by atoms with E-state index in [-0.39, 0.29) is 35.1 Å². The molecular formula is C38H50ClN7O5Si2. The van der Waals surface area contributed by atoms with Gasteiger partial charge in [-0.3, -0.25) is 4.57 Å². The van der Waals surface area contributed by atoms with Crippen LogP contribution in [0.1, 0.15) is 41.5 Å². The highest BCUT2D eigenvalue weighted by Crippen LogP contribution is 2.55. The van der Waals surface area contributed by atoms with Crippen LogP contribution >= 0.6 is 11.6 Å². The van der Waals surface area contributed by atoms with Gasteiger partial charge in [-0.2, -0.15) is 4.98 Å². The summed E-state index contributed by atoms with van der Waals surface area (Å²) in [6, 6.07) is 19.6. The van der Waals surface area contributed by atoms with Crippen LogP contribution < -0.4 is 4.74 Å². The minimum absolute atomic E-state index is 0.170. The average Bonchev–Trinajstić information content (AvgIpc) is 3.85. The molecule has 0 unspecified atom stereocenters. The lowest BCUT2D eigenvalue weighted by Crippen LogP contribution is -2.65. The van der Waals surface area contributed by atoms with Gasteiger partial charge in [0.15, 0.2) is 11.8 Å². The number of tetrazole rings is 1. The number of hydrogen-bond acceptors (Lipinski definition) is 10. The number of halogens is 1. The second kappa shape index (κ2) is 14.3. The van der Waals surface area contributed by atoms with Crippen molar-refractivity contribution in [3.05, 3.63) is 65.9 Å². The van der Waals surface area contributed by atoms with E-state index in [0.717, 1.165) is 33.9 Å². The van der Waals surface area contributed by atoms with Crippen LogP contribution in [-0.2, 0) is 25.1 Å². The van der Waals surface area contributed by atoms with Crippen molar-refractivity contribution in [1.82, 2.24) is 34.7 Å². The topological polar surface area (TPSA) is 120 Å². The van der Waals surface area contributed by atoms with Crippen molar-refractivity contribution in [1.29, 1.82) is 0 Å². The number of imidazole rings is 1. The van der Waals surface area contributed by atoms with Gasteiger partial charge in [-0.05, 0) is 45.8 Å². The summed E-state index contributed by atoms with van der Waals surface area (Å²) in [5, 5.41) is 11.6. The molecule has 15 heteroatoms. The molecule has 2 fully saturated rings. The summed E-state index contributed by atoms with van der Waals surface area (Å²) < 4.78 is 36.5. The Morgan fingerprint density at radius 1 is 0.906 bits per heavy atom. The molecule has 3 aromatic heterocycles. The van der Waals surface area contributed by atoms with Crippen molar-refractivity contribution >= 4 is 39.4 Å². The van der Waals surface area contributed by atoms with E-state index >= 15 is 0 Å². The fourth-order valence-electron chi connectivity index (χ4n) is 7.38. The third-order valence-corrected chi connectivity index (χ3v) is 17.2. The zero-order valence-electron chi connectivity index (χ0n) is 32.1. The van der Waals surface area contributed by atoms with E-state index in [4.69, 9.17) is 44.6 Å². The number of rotatable bonds is 10. The first-order valence-electron chi connectivity index (χ1n) is 18.2. The lowest BCUT2D eigenvalue weighted by Gasteiger charge is -2.53. The predicted octanol–water partition coefficient (Wildman–Crippen LogP) is 8.31. The van der Waals surface area contributed by atoms with Crippen LogP contribution in [0.25, 0.3) is 39.2 Å². The highest BCUT2D eigenvalue weighted by atomic mass is 35.5. The molecule has 2 aliphatic rings. The van der Waals surface area contributed by atoms with E-state index in [9.17, 15) is 0 Å². The van der Waals surface area contributed by atoms with E-state index in [1.807, 2.05) is 47.0 Å². The summed E-state index contributed by atoms with van der Waals surface area (Å²) in [6.45, 7) is 22.0. The van der Waals surface area contributed by atoms with Crippen molar-refractivity contribution in [2.24, 2.45) is 0 Å². The Kier molecular flexibility index (Phi) is 10.2. The van der Waals surface area contributed by atoms with Crippen LogP contribution in [0.5, 0.6) is 6.01 Å². The van der Waals surface area contributed by atoms with Crippen LogP contribution in [0.3, 0.4) is 0 Å². The number of nitrogens with zero attached hydrogens (tertiary/aromatic N) is 7. The maximum Gasteiger partial charge on any atom is 0.349 e. The summed E-state index contributed by atoms with van der Waals surface area (Å²) in [5.41, 5.74) is 5.77. The van der Waals surface area contributed by atoms with Gasteiger partial charge < -0.3 is 23.1 Å². The summed E-state index contributed by atoms with van der Waals surface area (Å²) >= 11 is 6.99. The van der Waals surface area contributed by atoms with Gasteiger partial charge in [-0.25, -0.2) is 9.67 Å². The van der Waals surface area contributed by atoms with Crippen molar-refractivity contribution in [2.75, 3.05) is 19.8 Å². The fourth-order valence-corrected chi connectivity index (χ4v) is 13.4. The lowest BCUT2D eigenvalue weighted by atomic mass is 10.0. The lowest BCUT2D eigenvalue weighted by molar-refractivity contribution is -0.0660. The van der Waals surface area contributed by atoms with Gasteiger partial charge in [-0.1, -0.05) is 109 Å². The quantitative estimate of drug-likeness (QED) is 0.101. The van der Waals surface area contributed by atoms with Gasteiger partial charge in [0.25, 0.3) is 0 Å². The maximum atomic E-state index is 7.08. The second-order valence-electron chi connectivity index (χ2n) is 17.2. The Morgan fingerprint density at radius 2 is 1.57 bits per heavy atom. The van der Waals surface area contributed by atoms with Crippen LogP contribution in [0.4, 0.5) is 0 Å². The van der Waals surface area contributed by atoms with Crippen molar-refractivity contribution in [2.45, 2.75) is 102 Å². The minimum Gasteiger partial charge on any atom is -0.456 e. The van der Waals surface area contributed by atoms with Crippen molar-refractivity contribution in [3.63, 3.8) is 0 Å². The summed E-state index contributed by atoms with van der Waals surface area (Å²) in [5.74, 6) is 0. The molecule has 0 aliphatic carbocycles. The molecule has 0 bridgehead atoms. The van der Waals surface area contributed by atoms with E-state index in [1.165, 1.54) is 0 Å². The molecule has 2 aromatic carbocycles. The number of benzene rings is 2. The van der Waals surface area contributed by atoms with Crippen LogP contribution in [0.15, 0.2) is 60.9 Å². The van der Waals surface area contributed by atoms with Crippen LogP contribution in [0, 0.1) is 0 Å². The number of ether oxygens (including phenoxy) is 3. The molecule has 0 amide bonds. The number of pyridine rings is 1. The van der Waals surface area contributed by atoms with Crippen molar-refractivity contribution in [3.8, 4) is 34.1 Å². The van der Waals surface area contributed by atoms with Gasteiger partial charge >= 0.3 is 14.6 Å². The Bertz CT molecular complexity index is 2030. The summed E-state index contributed by atoms with van der Waals surface area (Å²) in [7, 11) is -4.06. The zero-order chi connectivity index (χ0) is 37.8. The summed E-state index contributed by atoms with van der Waals surface area (Å²) in [6.07, 6.45) is 0.669. The molecular weight excluding hydrogens is 726 g/mol. The molecule has 7 rings (SSSR count). The number of fused-ring (bicyclic) bond motifs is 2. The van der Waals surface area contributed by atoms with Gasteiger partial charge in [0.1, 0.15) is 25.3 Å². The number of hydrogen-bond donors (Lipinski definition) is 0. The Hall–Kier alpha value is -3.51. The molecule has 282 valence electrons. The predicted molar refractivity (Wildman–Crippen MR) is 210 cm³/mol. The van der Waals surface area contributed by atoms with E-state index in [1.54, 1.807) is 11.0 Å². The molecule has 0 saturated carbocycles. The van der Waals surface area contributed by atoms with E-state index in [2.05, 4.69) is 88.8 Å². The van der Waals surface area contributed by atoms with Gasteiger partial charge in [0.2, 0.25) is 0 Å². The third-order valence-electron chi connectivity index (χ3n) is 10.0. The monoisotopic (exact) mass is 775 g/mol. The average molecular weight is 776 g/mol. The normalized spacial score (nSPS) is 20.5. The zero-order valence-corrected chi connectivity index (χ0v) is 34.8. The Balaban J connectivity index is 1.18. The molecule has 12 nitrogen and oxygen atoms in total. The van der Waals surface area contributed by atoms with E-state index < -0.39 is 16.6 Å². The van der Waals surface area contributed by atoms with Gasteiger partial charge in [0.05, 0.1) is 35.1 Å². The molecule has 2 aliphatic heterocycles. The maximum absolute atomic E-state index is 7.08. The first-order chi connectivity index (χ1) is 25.0. The summed E-state index contributed by atoms with van der Waals surface area (Å²) in [4.78, 5) is 9.94. The molecule has 5 aromatic rings. The molecule has 2 saturated heterocycles. The standard InChI is InChI=1S/C38H50ClN7O5Si2/c1-37(2,3)53(38(4,5)6)49-22-31-34(51-53)32(21-48-31)50-36-42-35-30(45(36)24-47-18-19-52(7,8)9)20-29(39)33(41-35)27-12-10-25(11-13-27)26-14-16-28(17-15-26)46-23-40-43-44-46/h10-17,20,23,31-32,34H,18-19,21-22,24H2,1-9H3/t31-,32-,34-/m1/s1. The van der Waals surface area contributed by atoms with Crippen molar-refractivity contribution < 1.29 is 23.1 Å². The SMILES string of the molecule is CC(C)(C)[Si]1(C(C)(C)C)OC[C@H]2OC[C@@H](Oc3nc4nc(-c5ccc(-c6ccc(-n7cnnn7)cc6)cc5)c(Cl)cc4n3COCC[Si](C)(C)C)[C@@H]2O1. The van der Waals surface area contributed by atoms with Crippen LogP contribution in [0.2, 0.25) is 40.8 Å². The molecule has 0 N–H and O–H groups in total. The van der Waals surface area contributed by atoms with Gasteiger partial charge in [0, 0.05) is 30.3 Å². The largest absolute Gasteiger partial charge is 0.456 e. The minimum atomic E-state index is -2.76. The first kappa shape index (κ1) is 37.8. The fraction of sp³-hybridized carbons (Fsp3) is 0.500. The molecule has 53 heavy (non-hydrogen) atoms. The highest BCUT2D eigenvalue weighted by molar-refractivity contribution is 6.76. The molecule has 0 spiro atoms. The van der Waals surface area contributed by atoms with Gasteiger partial charge in [-0.15, -0.1) is 5.10 Å². The third kappa shape index (κ3) is 7.59. The smallest absolute Gasteiger partial charge is 0.349 e. The van der Waals surface area contributed by atoms with Crippen LogP contribution in [-0.4, -0.2) is 89.5 Å². The highest BCUT2D eigenvalue weighted by Gasteiger charge is 2.64. The molecule has 5 heterocycles.